The molecule has 0 spiro atoms. The van der Waals surface area contributed by atoms with Crippen molar-refractivity contribution in [3.05, 3.63) is 108 Å². The van der Waals surface area contributed by atoms with Crippen LogP contribution < -0.4 is 0 Å². The van der Waals surface area contributed by atoms with E-state index < -0.39 is 0 Å². The van der Waals surface area contributed by atoms with E-state index in [0.717, 1.165) is 0 Å². The van der Waals surface area contributed by atoms with Gasteiger partial charge in [0.15, 0.2) is 0 Å². The van der Waals surface area contributed by atoms with E-state index in [4.69, 9.17) is 0 Å². The van der Waals surface area contributed by atoms with Crippen LogP contribution in [0.25, 0.3) is 10.9 Å². The molecule has 4 rings (SSSR count). The molecule has 0 saturated heterocycles. The number of aryl methyl sites for hydroxylation is 1. The summed E-state index contributed by atoms with van der Waals surface area (Å²) in [5.41, 5.74) is 5.18. The van der Waals surface area contributed by atoms with Gasteiger partial charge in [0.25, 0.3) is 0 Å². The minimum absolute atomic E-state index is 0.192. The molecule has 4 aromatic rings. The number of aromatic nitrogens is 1. The summed E-state index contributed by atoms with van der Waals surface area (Å²) in [6, 6.07) is 32.6. The molecule has 0 amide bonds. The van der Waals surface area contributed by atoms with Gasteiger partial charge in [0.2, 0.25) is 0 Å². The molecule has 1 heterocycles. The first kappa shape index (κ1) is 13.8. The molecule has 0 aliphatic carbocycles. The van der Waals surface area contributed by atoms with Crippen molar-refractivity contribution in [3.63, 3.8) is 0 Å². The predicted molar refractivity (Wildman–Crippen MR) is 96.8 cm³/mol. The molecule has 112 valence electrons. The van der Waals surface area contributed by atoms with Gasteiger partial charge in [0, 0.05) is 11.2 Å². The number of benzene rings is 3. The van der Waals surface area contributed by atoms with Gasteiger partial charge >= 0.3 is 0 Å². The molecule has 0 radical (unpaired) electrons. The number of hydrogen-bond donors (Lipinski definition) is 0. The Bertz CT molecular complexity index is 881. The van der Waals surface area contributed by atoms with Crippen LogP contribution in [-0.4, -0.2) is 4.57 Å². The first-order valence-corrected chi connectivity index (χ1v) is 8.01. The maximum Gasteiger partial charge on any atom is 0.0841 e. The zero-order valence-electron chi connectivity index (χ0n) is 13.2. The highest BCUT2D eigenvalue weighted by molar-refractivity contribution is 5.81. The Labute approximate surface area is 136 Å². The van der Waals surface area contributed by atoms with Gasteiger partial charge < -0.3 is 4.57 Å². The molecule has 23 heavy (non-hydrogen) atoms. The SMILES string of the molecule is Cc1cc2ccccc2n1C(c1ccccc1)c1ccccc1. The minimum atomic E-state index is 0.192. The number of nitrogens with zero attached hydrogens (tertiary/aromatic N) is 1. The highest BCUT2D eigenvalue weighted by Gasteiger charge is 2.19. The van der Waals surface area contributed by atoms with Gasteiger partial charge in [-0.1, -0.05) is 78.9 Å². The molecule has 0 atom stereocenters. The number of hydrogen-bond acceptors (Lipinski definition) is 0. The average molecular weight is 297 g/mol. The van der Waals surface area contributed by atoms with Crippen LogP contribution in [0.5, 0.6) is 0 Å². The summed E-state index contributed by atoms with van der Waals surface area (Å²) >= 11 is 0. The third-order valence-corrected chi connectivity index (χ3v) is 4.43. The highest BCUT2D eigenvalue weighted by Crippen LogP contribution is 2.32. The molecule has 0 saturated carbocycles. The summed E-state index contributed by atoms with van der Waals surface area (Å²) in [5.74, 6) is 0. The molecule has 3 aromatic carbocycles. The van der Waals surface area contributed by atoms with Crippen LogP contribution >= 0.6 is 0 Å². The quantitative estimate of drug-likeness (QED) is 0.464. The van der Waals surface area contributed by atoms with Crippen molar-refractivity contribution < 1.29 is 0 Å². The van der Waals surface area contributed by atoms with E-state index in [-0.39, 0.29) is 6.04 Å². The fourth-order valence-electron chi connectivity index (χ4n) is 3.42. The molecule has 0 N–H and O–H groups in total. The van der Waals surface area contributed by atoms with Gasteiger partial charge in [-0.05, 0) is 35.6 Å². The van der Waals surface area contributed by atoms with E-state index in [2.05, 4.69) is 102 Å². The maximum atomic E-state index is 2.44. The Kier molecular flexibility index (Phi) is 3.47. The van der Waals surface area contributed by atoms with E-state index in [9.17, 15) is 0 Å². The summed E-state index contributed by atoms with van der Waals surface area (Å²) in [4.78, 5) is 0. The largest absolute Gasteiger partial charge is 0.333 e. The van der Waals surface area contributed by atoms with Crippen molar-refractivity contribution in [2.24, 2.45) is 0 Å². The summed E-state index contributed by atoms with van der Waals surface area (Å²) in [6.45, 7) is 2.19. The van der Waals surface area contributed by atoms with E-state index in [1.807, 2.05) is 0 Å². The molecule has 0 aliphatic rings. The van der Waals surface area contributed by atoms with Crippen LogP contribution in [0, 0.1) is 6.92 Å². The Morgan fingerprint density at radius 2 is 1.17 bits per heavy atom. The molecule has 0 unspecified atom stereocenters. The minimum Gasteiger partial charge on any atom is -0.333 e. The molecule has 1 heteroatoms. The topological polar surface area (TPSA) is 4.93 Å². The monoisotopic (exact) mass is 297 g/mol. The van der Waals surface area contributed by atoms with Crippen molar-refractivity contribution in [2.45, 2.75) is 13.0 Å². The van der Waals surface area contributed by atoms with Crippen LogP contribution in [0.4, 0.5) is 0 Å². The first-order chi connectivity index (χ1) is 11.3. The smallest absolute Gasteiger partial charge is 0.0841 e. The van der Waals surface area contributed by atoms with Gasteiger partial charge in [0.05, 0.1) is 6.04 Å². The zero-order valence-corrected chi connectivity index (χ0v) is 13.2. The van der Waals surface area contributed by atoms with E-state index in [1.54, 1.807) is 0 Å². The lowest BCUT2D eigenvalue weighted by molar-refractivity contribution is 0.685. The van der Waals surface area contributed by atoms with Gasteiger partial charge in [-0.25, -0.2) is 0 Å². The molecule has 0 fully saturated rings. The van der Waals surface area contributed by atoms with Crippen LogP contribution in [0.2, 0.25) is 0 Å². The molecular formula is C22H19N. The van der Waals surface area contributed by atoms with E-state index in [0.29, 0.717) is 0 Å². The average Bonchev–Trinajstić information content (AvgIpc) is 2.94. The Balaban J connectivity index is 2.00. The Hall–Kier alpha value is -2.80. The standard InChI is InChI=1S/C22H19N/c1-17-16-20-14-8-9-15-21(20)23(17)22(18-10-4-2-5-11-18)19-12-6-3-7-13-19/h2-16,22H,1H3. The first-order valence-electron chi connectivity index (χ1n) is 8.01. The fourth-order valence-corrected chi connectivity index (χ4v) is 3.42. The van der Waals surface area contributed by atoms with Crippen molar-refractivity contribution in [1.29, 1.82) is 0 Å². The van der Waals surface area contributed by atoms with Gasteiger partial charge in [0.1, 0.15) is 0 Å². The van der Waals surface area contributed by atoms with Crippen LogP contribution in [-0.2, 0) is 0 Å². The number of fused-ring (bicyclic) bond motifs is 1. The van der Waals surface area contributed by atoms with E-state index >= 15 is 0 Å². The Morgan fingerprint density at radius 1 is 0.652 bits per heavy atom. The molecule has 0 aliphatic heterocycles. The van der Waals surface area contributed by atoms with Gasteiger partial charge in [-0.2, -0.15) is 0 Å². The number of rotatable bonds is 3. The summed E-state index contributed by atoms with van der Waals surface area (Å²) in [7, 11) is 0. The zero-order chi connectivity index (χ0) is 15.6. The lowest BCUT2D eigenvalue weighted by atomic mass is 9.98. The highest BCUT2D eigenvalue weighted by atomic mass is 15.0. The van der Waals surface area contributed by atoms with Crippen molar-refractivity contribution in [2.75, 3.05) is 0 Å². The number of para-hydroxylation sites is 1. The third-order valence-electron chi connectivity index (χ3n) is 4.43. The molecule has 0 bridgehead atoms. The van der Waals surface area contributed by atoms with E-state index in [1.165, 1.54) is 27.7 Å². The van der Waals surface area contributed by atoms with Crippen LogP contribution in [0.15, 0.2) is 91.0 Å². The third kappa shape index (κ3) is 2.44. The predicted octanol–water partition coefficient (Wildman–Crippen LogP) is 5.59. The second-order valence-corrected chi connectivity index (χ2v) is 5.94. The molecule has 1 aromatic heterocycles. The lowest BCUT2D eigenvalue weighted by Gasteiger charge is -2.23. The molecular weight excluding hydrogens is 278 g/mol. The van der Waals surface area contributed by atoms with Crippen LogP contribution in [0.1, 0.15) is 22.9 Å². The van der Waals surface area contributed by atoms with Crippen molar-refractivity contribution in [3.8, 4) is 0 Å². The van der Waals surface area contributed by atoms with Crippen LogP contribution in [0.3, 0.4) is 0 Å². The summed E-state index contributed by atoms with van der Waals surface area (Å²) < 4.78 is 2.44. The summed E-state index contributed by atoms with van der Waals surface area (Å²) in [5, 5.41) is 1.29. The molecule has 1 nitrogen and oxygen atoms in total. The summed E-state index contributed by atoms with van der Waals surface area (Å²) in [6.07, 6.45) is 0. The van der Waals surface area contributed by atoms with Gasteiger partial charge in [-0.15, -0.1) is 0 Å². The second kappa shape index (κ2) is 5.77. The van der Waals surface area contributed by atoms with Gasteiger partial charge in [-0.3, -0.25) is 0 Å². The fraction of sp³-hybridized carbons (Fsp3) is 0.0909. The van der Waals surface area contributed by atoms with Crippen molar-refractivity contribution >= 4 is 10.9 Å². The Morgan fingerprint density at radius 3 is 1.78 bits per heavy atom. The second-order valence-electron chi connectivity index (χ2n) is 5.94. The maximum absolute atomic E-state index is 2.44. The lowest BCUT2D eigenvalue weighted by Crippen LogP contribution is -2.13. The van der Waals surface area contributed by atoms with Crippen molar-refractivity contribution in [1.82, 2.24) is 4.57 Å². The normalized spacial score (nSPS) is 11.2.